The van der Waals surface area contributed by atoms with E-state index in [1.807, 2.05) is 30.3 Å². The Morgan fingerprint density at radius 3 is 2.25 bits per heavy atom. The predicted octanol–water partition coefficient (Wildman–Crippen LogP) is 3.70. The van der Waals surface area contributed by atoms with Gasteiger partial charge in [0.2, 0.25) is 5.65 Å². The summed E-state index contributed by atoms with van der Waals surface area (Å²) >= 11 is 0. The normalized spacial score (nSPS) is 15.0. The maximum atomic E-state index is 5.73. The predicted molar refractivity (Wildman–Crippen MR) is 97.3 cm³/mol. The van der Waals surface area contributed by atoms with E-state index in [2.05, 4.69) is 9.97 Å². The Morgan fingerprint density at radius 1 is 0.917 bits per heavy atom. The van der Waals surface area contributed by atoms with Gasteiger partial charge < -0.3 is 21.6 Å². The van der Waals surface area contributed by atoms with Crippen molar-refractivity contribution in [2.24, 2.45) is 0 Å². The average Bonchev–Trinajstić information content (AvgIpc) is 3.00. The number of benzene rings is 1. The molecule has 6 N–H and O–H groups in total. The molecule has 1 aliphatic rings. The number of nitrogen functional groups attached to an aromatic ring is 3. The minimum atomic E-state index is 0.320. The number of pyridine rings is 1. The van der Waals surface area contributed by atoms with Crippen LogP contribution in [-0.2, 0) is 0 Å². The minimum Gasteiger partial charge on any atom is -0.439 e. The van der Waals surface area contributed by atoms with Gasteiger partial charge in [0, 0.05) is 17.7 Å². The second-order valence-corrected chi connectivity index (χ2v) is 6.08. The van der Waals surface area contributed by atoms with Crippen LogP contribution in [0.2, 0.25) is 0 Å². The molecule has 1 aromatic carbocycles. The Balaban J connectivity index is 0.000000203. The van der Waals surface area contributed by atoms with Gasteiger partial charge in [-0.15, -0.1) is 0 Å². The summed E-state index contributed by atoms with van der Waals surface area (Å²) in [6.07, 6.45) is 6.12. The lowest BCUT2D eigenvalue weighted by molar-refractivity contribution is 0.373. The molecular weight excluding hydrogens is 302 g/mol. The number of fused-ring (bicyclic) bond motifs is 1. The third-order valence-corrected chi connectivity index (χ3v) is 4.21. The SMILES string of the molecule is Nc1cc2oc(C3CCCCC3)nc2nc1N.Nc1ccccc1. The maximum Gasteiger partial charge on any atom is 0.200 e. The van der Waals surface area contributed by atoms with Crippen molar-refractivity contribution in [3.8, 4) is 0 Å². The van der Waals surface area contributed by atoms with Gasteiger partial charge in [-0.3, -0.25) is 0 Å². The van der Waals surface area contributed by atoms with Gasteiger partial charge in [-0.25, -0.2) is 4.98 Å². The van der Waals surface area contributed by atoms with Gasteiger partial charge in [0.1, 0.15) is 5.82 Å². The Labute approximate surface area is 141 Å². The maximum absolute atomic E-state index is 5.73. The van der Waals surface area contributed by atoms with Crippen molar-refractivity contribution in [3.63, 3.8) is 0 Å². The third-order valence-electron chi connectivity index (χ3n) is 4.21. The molecule has 6 heteroatoms. The van der Waals surface area contributed by atoms with Crippen LogP contribution in [0.4, 0.5) is 17.2 Å². The number of aromatic nitrogens is 2. The van der Waals surface area contributed by atoms with Gasteiger partial charge in [0.05, 0.1) is 5.69 Å². The van der Waals surface area contributed by atoms with Crippen LogP contribution in [0, 0.1) is 0 Å². The van der Waals surface area contributed by atoms with E-state index in [0.717, 1.165) is 24.4 Å². The van der Waals surface area contributed by atoms with E-state index in [1.54, 1.807) is 6.07 Å². The van der Waals surface area contributed by atoms with Crippen LogP contribution in [0.25, 0.3) is 11.2 Å². The van der Waals surface area contributed by atoms with Gasteiger partial charge in [0.15, 0.2) is 11.5 Å². The first kappa shape index (κ1) is 16.1. The lowest BCUT2D eigenvalue weighted by Crippen LogP contribution is -2.04. The molecule has 1 fully saturated rings. The second-order valence-electron chi connectivity index (χ2n) is 6.08. The molecule has 2 heterocycles. The highest BCUT2D eigenvalue weighted by Crippen LogP contribution is 2.34. The molecular formula is C18H23N5O. The van der Waals surface area contributed by atoms with E-state index in [9.17, 15) is 0 Å². The van der Waals surface area contributed by atoms with Crippen LogP contribution >= 0.6 is 0 Å². The van der Waals surface area contributed by atoms with E-state index in [4.69, 9.17) is 21.6 Å². The van der Waals surface area contributed by atoms with E-state index in [0.29, 0.717) is 28.7 Å². The zero-order valence-corrected chi connectivity index (χ0v) is 13.6. The van der Waals surface area contributed by atoms with E-state index in [-0.39, 0.29) is 0 Å². The van der Waals surface area contributed by atoms with Gasteiger partial charge in [-0.05, 0) is 25.0 Å². The second kappa shape index (κ2) is 7.21. The van der Waals surface area contributed by atoms with Crippen LogP contribution in [-0.4, -0.2) is 9.97 Å². The summed E-state index contributed by atoms with van der Waals surface area (Å²) in [5.41, 5.74) is 19.2. The van der Waals surface area contributed by atoms with Gasteiger partial charge in [-0.2, -0.15) is 4.98 Å². The molecule has 0 atom stereocenters. The van der Waals surface area contributed by atoms with Crippen molar-refractivity contribution in [3.05, 3.63) is 42.3 Å². The molecule has 0 unspecified atom stereocenters. The van der Waals surface area contributed by atoms with Crippen molar-refractivity contribution >= 4 is 28.4 Å². The summed E-state index contributed by atoms with van der Waals surface area (Å²) in [4.78, 5) is 8.56. The number of hydrogen-bond donors (Lipinski definition) is 3. The Hall–Kier alpha value is -2.76. The topological polar surface area (TPSA) is 117 Å². The molecule has 126 valence electrons. The fourth-order valence-corrected chi connectivity index (χ4v) is 2.89. The molecule has 0 radical (unpaired) electrons. The summed E-state index contributed by atoms with van der Waals surface area (Å²) in [6, 6.07) is 11.2. The largest absolute Gasteiger partial charge is 0.439 e. The lowest BCUT2D eigenvalue weighted by Gasteiger charge is -2.17. The van der Waals surface area contributed by atoms with Crippen LogP contribution in [0.1, 0.15) is 43.9 Å². The van der Waals surface area contributed by atoms with Crippen molar-refractivity contribution in [2.45, 2.75) is 38.0 Å². The summed E-state index contributed by atoms with van der Waals surface area (Å²) in [5.74, 6) is 1.54. The van der Waals surface area contributed by atoms with Crippen molar-refractivity contribution in [1.29, 1.82) is 0 Å². The molecule has 0 bridgehead atoms. The summed E-state index contributed by atoms with van der Waals surface area (Å²) in [5, 5.41) is 0. The van der Waals surface area contributed by atoms with Crippen LogP contribution in [0.15, 0.2) is 40.8 Å². The van der Waals surface area contributed by atoms with Gasteiger partial charge in [0.25, 0.3) is 0 Å². The molecule has 24 heavy (non-hydrogen) atoms. The standard InChI is InChI=1S/C12H16N4O.C6H7N/c13-8-6-9-11(15-10(8)14)16-12(17-9)7-4-2-1-3-5-7;7-6-4-2-1-3-5-6/h6-7H,1-5,13H2,(H2,14,15);1-5H,7H2. The molecule has 0 aliphatic heterocycles. The molecule has 4 rings (SSSR count). The molecule has 6 nitrogen and oxygen atoms in total. The zero-order valence-electron chi connectivity index (χ0n) is 13.6. The number of para-hydroxylation sites is 1. The molecule has 0 spiro atoms. The fraction of sp³-hybridized carbons (Fsp3) is 0.333. The highest BCUT2D eigenvalue weighted by molar-refractivity contribution is 5.77. The minimum absolute atomic E-state index is 0.320. The number of rotatable bonds is 1. The quantitative estimate of drug-likeness (QED) is 0.587. The smallest absolute Gasteiger partial charge is 0.200 e. The molecule has 2 aromatic heterocycles. The zero-order chi connectivity index (χ0) is 16.9. The summed E-state index contributed by atoms with van der Waals surface area (Å²) in [6.45, 7) is 0. The molecule has 0 amide bonds. The van der Waals surface area contributed by atoms with Crippen LogP contribution < -0.4 is 17.2 Å². The van der Waals surface area contributed by atoms with E-state index >= 15 is 0 Å². The number of oxazole rings is 1. The first-order valence-corrected chi connectivity index (χ1v) is 8.26. The van der Waals surface area contributed by atoms with Crippen molar-refractivity contribution in [1.82, 2.24) is 9.97 Å². The Bertz CT molecular complexity index is 755. The number of hydrogen-bond acceptors (Lipinski definition) is 6. The monoisotopic (exact) mass is 325 g/mol. The van der Waals surface area contributed by atoms with Gasteiger partial charge >= 0.3 is 0 Å². The number of nitrogens with zero attached hydrogens (tertiary/aromatic N) is 2. The fourth-order valence-electron chi connectivity index (χ4n) is 2.89. The van der Waals surface area contributed by atoms with Crippen LogP contribution in [0.5, 0.6) is 0 Å². The highest BCUT2D eigenvalue weighted by Gasteiger charge is 2.21. The third kappa shape index (κ3) is 3.76. The molecule has 3 aromatic rings. The first-order valence-electron chi connectivity index (χ1n) is 8.26. The molecule has 0 saturated heterocycles. The number of nitrogens with two attached hydrogens (primary N) is 3. The molecule has 1 aliphatic carbocycles. The van der Waals surface area contributed by atoms with Crippen molar-refractivity contribution < 1.29 is 4.42 Å². The van der Waals surface area contributed by atoms with Crippen LogP contribution in [0.3, 0.4) is 0 Å². The Morgan fingerprint density at radius 2 is 1.62 bits per heavy atom. The average molecular weight is 325 g/mol. The van der Waals surface area contributed by atoms with E-state index < -0.39 is 0 Å². The summed E-state index contributed by atoms with van der Waals surface area (Å²) in [7, 11) is 0. The number of anilines is 3. The first-order chi connectivity index (χ1) is 11.6. The molecule has 1 saturated carbocycles. The van der Waals surface area contributed by atoms with Crippen molar-refractivity contribution in [2.75, 3.05) is 17.2 Å². The van der Waals surface area contributed by atoms with Gasteiger partial charge in [-0.1, -0.05) is 37.5 Å². The highest BCUT2D eigenvalue weighted by atomic mass is 16.3. The Kier molecular flexibility index (Phi) is 4.84. The summed E-state index contributed by atoms with van der Waals surface area (Å²) < 4.78 is 5.73. The lowest BCUT2D eigenvalue weighted by atomic mass is 9.89. The van der Waals surface area contributed by atoms with E-state index in [1.165, 1.54) is 19.3 Å².